The Kier molecular flexibility index (Phi) is 5.70. The highest BCUT2D eigenvalue weighted by Crippen LogP contribution is 2.28. The van der Waals surface area contributed by atoms with Gasteiger partial charge in [-0.2, -0.15) is 0 Å². The summed E-state index contributed by atoms with van der Waals surface area (Å²) in [5.41, 5.74) is 1.31. The molecule has 2 N–H and O–H groups in total. The van der Waals surface area contributed by atoms with Crippen LogP contribution in [0.1, 0.15) is 13.3 Å². The Labute approximate surface area is 135 Å². The van der Waals surface area contributed by atoms with Crippen molar-refractivity contribution in [3.63, 3.8) is 0 Å². The molecule has 7 heteroatoms. The van der Waals surface area contributed by atoms with Gasteiger partial charge in [0.15, 0.2) is 0 Å². The van der Waals surface area contributed by atoms with Crippen molar-refractivity contribution in [2.24, 2.45) is 0 Å². The summed E-state index contributed by atoms with van der Waals surface area (Å²) in [6, 6.07) is 7.17. The molecule has 0 aliphatic carbocycles. The van der Waals surface area contributed by atoms with Gasteiger partial charge in [-0.05, 0) is 25.6 Å². The molecule has 0 bridgehead atoms. The van der Waals surface area contributed by atoms with Crippen molar-refractivity contribution in [2.45, 2.75) is 13.3 Å². The van der Waals surface area contributed by atoms with Crippen LogP contribution in [-0.2, 0) is 14.4 Å². The molecule has 1 aliphatic heterocycles. The third kappa shape index (κ3) is 4.53. The molecule has 0 radical (unpaired) electrons. The van der Waals surface area contributed by atoms with E-state index in [4.69, 9.17) is 0 Å². The number of fused-ring (bicyclic) bond motifs is 1. The van der Waals surface area contributed by atoms with Crippen molar-refractivity contribution in [1.29, 1.82) is 0 Å². The molecular formula is C16H22N4O3. The summed E-state index contributed by atoms with van der Waals surface area (Å²) in [6.07, 6.45) is 0.869. The highest BCUT2D eigenvalue weighted by atomic mass is 16.2. The maximum atomic E-state index is 12.5. The number of carbonyl (C=O) groups is 3. The van der Waals surface area contributed by atoms with Gasteiger partial charge in [0.05, 0.1) is 24.5 Å². The van der Waals surface area contributed by atoms with Crippen molar-refractivity contribution in [3.05, 3.63) is 24.3 Å². The van der Waals surface area contributed by atoms with Crippen LogP contribution in [0.15, 0.2) is 24.3 Å². The smallest absolute Gasteiger partial charge is 0.244 e. The zero-order valence-electron chi connectivity index (χ0n) is 13.5. The van der Waals surface area contributed by atoms with Gasteiger partial charge in [-0.1, -0.05) is 19.1 Å². The second-order valence-corrected chi connectivity index (χ2v) is 5.57. The Hall–Kier alpha value is -2.41. The van der Waals surface area contributed by atoms with Crippen LogP contribution in [0.2, 0.25) is 0 Å². The predicted molar refractivity (Wildman–Crippen MR) is 88.2 cm³/mol. The molecule has 3 amide bonds. The first-order valence-corrected chi connectivity index (χ1v) is 7.65. The fourth-order valence-corrected chi connectivity index (χ4v) is 2.39. The molecule has 1 aliphatic rings. The molecule has 0 aromatic heterocycles. The van der Waals surface area contributed by atoms with E-state index >= 15 is 0 Å². The summed E-state index contributed by atoms with van der Waals surface area (Å²) in [4.78, 5) is 39.0. The Balaban J connectivity index is 1.98. The van der Waals surface area contributed by atoms with Crippen LogP contribution in [0.3, 0.4) is 0 Å². The zero-order chi connectivity index (χ0) is 16.8. The molecule has 0 spiro atoms. The van der Waals surface area contributed by atoms with Crippen LogP contribution in [0.4, 0.5) is 11.4 Å². The van der Waals surface area contributed by atoms with E-state index in [-0.39, 0.29) is 37.4 Å². The first-order valence-electron chi connectivity index (χ1n) is 7.65. The summed E-state index contributed by atoms with van der Waals surface area (Å²) in [7, 11) is 1.71. The van der Waals surface area contributed by atoms with Crippen LogP contribution < -0.4 is 15.5 Å². The number of hydrogen-bond donors (Lipinski definition) is 2. The Morgan fingerprint density at radius 1 is 1.30 bits per heavy atom. The molecule has 0 unspecified atom stereocenters. The highest BCUT2D eigenvalue weighted by Gasteiger charge is 2.27. The van der Waals surface area contributed by atoms with E-state index in [9.17, 15) is 14.4 Å². The number of para-hydroxylation sites is 2. The average Bonchev–Trinajstić information content (AvgIpc) is 2.51. The van der Waals surface area contributed by atoms with Crippen LogP contribution in [-0.4, -0.2) is 55.8 Å². The standard InChI is InChI=1S/C16H22N4O3/c1-3-8-17-14(21)9-19(2)11-16(23)20-10-15(22)18-12-6-4-5-7-13(12)20/h4-7H,3,8-11H2,1-2H3,(H,17,21)(H,18,22). The Bertz CT molecular complexity index is 603. The van der Waals surface area contributed by atoms with Gasteiger partial charge < -0.3 is 10.6 Å². The van der Waals surface area contributed by atoms with Crippen molar-refractivity contribution in [3.8, 4) is 0 Å². The van der Waals surface area contributed by atoms with E-state index in [2.05, 4.69) is 10.6 Å². The molecule has 124 valence electrons. The van der Waals surface area contributed by atoms with Gasteiger partial charge in [0.2, 0.25) is 17.7 Å². The second-order valence-electron chi connectivity index (χ2n) is 5.57. The molecule has 1 aromatic carbocycles. The number of nitrogens with zero attached hydrogens (tertiary/aromatic N) is 2. The maximum absolute atomic E-state index is 12.5. The zero-order valence-corrected chi connectivity index (χ0v) is 13.5. The fraction of sp³-hybridized carbons (Fsp3) is 0.438. The summed E-state index contributed by atoms with van der Waals surface area (Å²) in [5, 5.41) is 5.51. The summed E-state index contributed by atoms with van der Waals surface area (Å²) >= 11 is 0. The topological polar surface area (TPSA) is 81.8 Å². The third-order valence-corrected chi connectivity index (χ3v) is 3.46. The van der Waals surface area contributed by atoms with Crippen molar-refractivity contribution in [1.82, 2.24) is 10.2 Å². The number of benzene rings is 1. The van der Waals surface area contributed by atoms with Crippen molar-refractivity contribution < 1.29 is 14.4 Å². The molecule has 0 saturated carbocycles. The number of likely N-dealkylation sites (N-methyl/N-ethyl adjacent to an activating group) is 1. The van der Waals surface area contributed by atoms with E-state index in [1.165, 1.54) is 4.90 Å². The minimum atomic E-state index is -0.222. The van der Waals surface area contributed by atoms with E-state index in [1.54, 1.807) is 30.1 Å². The van der Waals surface area contributed by atoms with E-state index in [0.29, 0.717) is 17.9 Å². The molecule has 1 aromatic rings. The van der Waals surface area contributed by atoms with Crippen LogP contribution in [0, 0.1) is 0 Å². The lowest BCUT2D eigenvalue weighted by Gasteiger charge is -2.30. The van der Waals surface area contributed by atoms with E-state index in [0.717, 1.165) is 6.42 Å². The molecule has 23 heavy (non-hydrogen) atoms. The maximum Gasteiger partial charge on any atom is 0.244 e. The lowest BCUT2D eigenvalue weighted by atomic mass is 10.2. The first-order chi connectivity index (χ1) is 11.0. The molecule has 2 rings (SSSR count). The number of nitrogens with one attached hydrogen (secondary N) is 2. The average molecular weight is 318 g/mol. The van der Waals surface area contributed by atoms with Gasteiger partial charge in [0, 0.05) is 6.54 Å². The van der Waals surface area contributed by atoms with Crippen LogP contribution in [0.25, 0.3) is 0 Å². The largest absolute Gasteiger partial charge is 0.355 e. The third-order valence-electron chi connectivity index (χ3n) is 3.46. The normalized spacial score (nSPS) is 13.5. The number of anilines is 2. The van der Waals surface area contributed by atoms with E-state index < -0.39 is 0 Å². The number of carbonyl (C=O) groups excluding carboxylic acids is 3. The summed E-state index contributed by atoms with van der Waals surface area (Å²) in [6.45, 7) is 2.81. The first kappa shape index (κ1) is 17.0. The molecule has 7 nitrogen and oxygen atoms in total. The molecule has 0 fully saturated rings. The van der Waals surface area contributed by atoms with E-state index in [1.807, 2.05) is 13.0 Å². The minimum Gasteiger partial charge on any atom is -0.355 e. The second kappa shape index (κ2) is 7.73. The Morgan fingerprint density at radius 3 is 2.78 bits per heavy atom. The quantitative estimate of drug-likeness (QED) is 0.797. The van der Waals surface area contributed by atoms with Crippen LogP contribution >= 0.6 is 0 Å². The van der Waals surface area contributed by atoms with Gasteiger partial charge in [-0.15, -0.1) is 0 Å². The van der Waals surface area contributed by atoms with Crippen molar-refractivity contribution in [2.75, 3.05) is 43.4 Å². The molecule has 1 heterocycles. The van der Waals surface area contributed by atoms with Crippen LogP contribution in [0.5, 0.6) is 0 Å². The number of rotatable bonds is 6. The lowest BCUT2D eigenvalue weighted by molar-refractivity contribution is -0.124. The van der Waals surface area contributed by atoms with Gasteiger partial charge in [-0.3, -0.25) is 24.2 Å². The van der Waals surface area contributed by atoms with Gasteiger partial charge >= 0.3 is 0 Å². The monoisotopic (exact) mass is 318 g/mol. The SMILES string of the molecule is CCCNC(=O)CN(C)CC(=O)N1CC(=O)Nc2ccccc21. The number of hydrogen-bond acceptors (Lipinski definition) is 4. The molecular weight excluding hydrogens is 296 g/mol. The number of amides is 3. The van der Waals surface area contributed by atoms with Gasteiger partial charge in [0.1, 0.15) is 6.54 Å². The highest BCUT2D eigenvalue weighted by molar-refractivity contribution is 6.10. The minimum absolute atomic E-state index is 0.00822. The lowest BCUT2D eigenvalue weighted by Crippen LogP contribution is -2.47. The Morgan fingerprint density at radius 2 is 2.04 bits per heavy atom. The van der Waals surface area contributed by atoms with Crippen molar-refractivity contribution >= 4 is 29.1 Å². The molecule has 0 atom stereocenters. The molecule has 0 saturated heterocycles. The van der Waals surface area contributed by atoms with Gasteiger partial charge in [0.25, 0.3) is 0 Å². The predicted octanol–water partition coefficient (Wildman–Crippen LogP) is 0.430. The summed E-state index contributed by atoms with van der Waals surface area (Å²) in [5.74, 6) is -0.544. The van der Waals surface area contributed by atoms with Gasteiger partial charge in [-0.25, -0.2) is 0 Å². The summed E-state index contributed by atoms with van der Waals surface area (Å²) < 4.78 is 0. The fourth-order valence-electron chi connectivity index (χ4n) is 2.39.